The van der Waals surface area contributed by atoms with E-state index in [1.54, 1.807) is 67.7 Å². The number of likely N-dealkylation sites (tertiary alicyclic amines) is 1. The molecule has 1 saturated heterocycles. The number of aryl methyl sites for hydroxylation is 2. The fraction of sp³-hybridized carbons (Fsp3) is 0.213. The van der Waals surface area contributed by atoms with Crippen LogP contribution in [0.15, 0.2) is 100 Å². The van der Waals surface area contributed by atoms with E-state index in [0.29, 0.717) is 45.0 Å². The highest BCUT2D eigenvalue weighted by Gasteiger charge is 2.27. The highest BCUT2D eigenvalue weighted by Crippen LogP contribution is 2.28. The van der Waals surface area contributed by atoms with Gasteiger partial charge in [-0.25, -0.2) is 23.8 Å². The standard InChI is InChI=1S/C26H23N7O5.C21H21N7O4/c1-14-3-5-16(17(9-14)23(27)34)13-29-25(36)20-11-18(31-22-7-8-30-33(20)22)24(35)28-12-15-4-6-21-19(10-15)32(2)26(37)38-21;1-27-9-13(10-27)24-21(31)16-7-15(25-18-4-5-23-28(16)18)20(30)22-8-12-2-3-17-14(6-12)26-19(29)11-32-17/h3-11H,12-13H2,1-2H3,(H2,27,34)(H,28,35)(H,29,36);2-7,13H,8-11H2,1H3,(H,22,30)(H,24,31)(H,26,29). The molecule has 70 heavy (non-hydrogen) atoms. The van der Waals surface area contributed by atoms with Gasteiger partial charge in [0.15, 0.2) is 23.5 Å². The number of hydrogen-bond acceptors (Lipinski definition) is 14. The summed E-state index contributed by atoms with van der Waals surface area (Å²) in [5.41, 5.74) is 11.6. The molecule has 0 saturated carbocycles. The van der Waals surface area contributed by atoms with E-state index in [1.165, 1.54) is 38.1 Å². The Morgan fingerprint density at radius 1 is 0.729 bits per heavy atom. The number of oxazole rings is 1. The molecule has 3 aromatic carbocycles. The van der Waals surface area contributed by atoms with Crippen LogP contribution < -0.4 is 42.8 Å². The van der Waals surface area contributed by atoms with E-state index in [0.717, 1.165) is 29.8 Å². The van der Waals surface area contributed by atoms with Crippen LogP contribution in [0.25, 0.3) is 22.4 Å². The Kier molecular flexibility index (Phi) is 12.6. The van der Waals surface area contributed by atoms with Gasteiger partial charge in [-0.3, -0.25) is 33.3 Å². The lowest BCUT2D eigenvalue weighted by Gasteiger charge is -2.36. The fourth-order valence-corrected chi connectivity index (χ4v) is 7.84. The second-order valence-corrected chi connectivity index (χ2v) is 16.6. The first-order chi connectivity index (χ1) is 33.7. The van der Waals surface area contributed by atoms with E-state index >= 15 is 0 Å². The summed E-state index contributed by atoms with van der Waals surface area (Å²) in [6, 6.07) is 21.7. The minimum Gasteiger partial charge on any atom is -0.482 e. The average molecular weight is 949 g/mol. The summed E-state index contributed by atoms with van der Waals surface area (Å²) < 4.78 is 14.6. The van der Waals surface area contributed by atoms with Crippen LogP contribution in [-0.2, 0) is 31.5 Å². The van der Waals surface area contributed by atoms with Crippen LogP contribution in [0.1, 0.15) is 74.6 Å². The van der Waals surface area contributed by atoms with Crippen molar-refractivity contribution in [3.8, 4) is 5.75 Å². The van der Waals surface area contributed by atoms with Gasteiger partial charge in [-0.1, -0.05) is 29.8 Å². The second kappa shape index (κ2) is 19.2. The molecular weight excluding hydrogens is 905 g/mol. The van der Waals surface area contributed by atoms with Crippen molar-refractivity contribution < 1.29 is 37.9 Å². The number of anilines is 1. The smallest absolute Gasteiger partial charge is 0.419 e. The predicted octanol–water partition coefficient (Wildman–Crippen LogP) is 1.48. The molecule has 6 amide bonds. The third-order valence-corrected chi connectivity index (χ3v) is 11.5. The van der Waals surface area contributed by atoms with Crippen LogP contribution in [-0.4, -0.2) is 107 Å². The van der Waals surface area contributed by atoms with Gasteiger partial charge in [0, 0.05) is 69.6 Å². The maximum atomic E-state index is 13.1. The van der Waals surface area contributed by atoms with Crippen LogP contribution in [0.2, 0.25) is 0 Å². The molecule has 2 aliphatic rings. The maximum absolute atomic E-state index is 13.1. The summed E-state index contributed by atoms with van der Waals surface area (Å²) in [5.74, 6) is -2.46. The molecule has 0 radical (unpaired) electrons. The summed E-state index contributed by atoms with van der Waals surface area (Å²) in [5, 5.41) is 22.3. The second-order valence-electron chi connectivity index (χ2n) is 16.6. The van der Waals surface area contributed by atoms with E-state index in [-0.39, 0.29) is 66.9 Å². The Hall–Kier alpha value is -9.25. The first-order valence-corrected chi connectivity index (χ1v) is 21.7. The number of nitrogens with one attached hydrogen (secondary N) is 5. The number of rotatable bonds is 12. The van der Waals surface area contributed by atoms with Gasteiger partial charge >= 0.3 is 5.76 Å². The third kappa shape index (κ3) is 9.75. The van der Waals surface area contributed by atoms with Gasteiger partial charge in [-0.15, -0.1) is 0 Å². The van der Waals surface area contributed by atoms with Crippen molar-refractivity contribution in [1.82, 2.24) is 59.9 Å². The number of amides is 6. The molecular formula is C47H44N14O9. The van der Waals surface area contributed by atoms with Crippen molar-refractivity contribution >= 4 is 63.5 Å². The molecule has 0 bridgehead atoms. The first-order valence-electron chi connectivity index (χ1n) is 21.7. The molecule has 7 N–H and O–H groups in total. The summed E-state index contributed by atoms with van der Waals surface area (Å²) >= 11 is 0. The lowest BCUT2D eigenvalue weighted by molar-refractivity contribution is -0.118. The van der Waals surface area contributed by atoms with Crippen molar-refractivity contribution in [3.63, 3.8) is 0 Å². The van der Waals surface area contributed by atoms with Crippen LogP contribution >= 0.6 is 0 Å². The van der Waals surface area contributed by atoms with Gasteiger partial charge in [-0.2, -0.15) is 10.2 Å². The van der Waals surface area contributed by atoms with Crippen molar-refractivity contribution in [3.05, 3.63) is 152 Å². The van der Waals surface area contributed by atoms with Crippen molar-refractivity contribution in [2.45, 2.75) is 32.6 Å². The Balaban J connectivity index is 0.000000176. The molecule has 23 nitrogen and oxygen atoms in total. The van der Waals surface area contributed by atoms with E-state index < -0.39 is 29.4 Å². The summed E-state index contributed by atoms with van der Waals surface area (Å²) in [6.45, 7) is 3.79. The molecule has 0 atom stereocenters. The highest BCUT2D eigenvalue weighted by atomic mass is 16.5. The zero-order chi connectivity index (χ0) is 49.2. The summed E-state index contributed by atoms with van der Waals surface area (Å²) in [7, 11) is 3.58. The number of benzene rings is 3. The zero-order valence-corrected chi connectivity index (χ0v) is 37.8. The molecule has 0 unspecified atom stereocenters. The monoisotopic (exact) mass is 948 g/mol. The molecule has 2 aliphatic heterocycles. The van der Waals surface area contributed by atoms with Gasteiger partial charge < -0.3 is 46.4 Å². The number of aromatic nitrogens is 7. The minimum absolute atomic E-state index is 0.0147. The van der Waals surface area contributed by atoms with Gasteiger partial charge in [0.25, 0.3) is 29.5 Å². The van der Waals surface area contributed by atoms with Gasteiger partial charge in [0.1, 0.15) is 28.5 Å². The Morgan fingerprint density at radius 2 is 1.34 bits per heavy atom. The molecule has 1 fully saturated rings. The number of nitrogens with two attached hydrogens (primary N) is 1. The van der Waals surface area contributed by atoms with Crippen LogP contribution in [0.4, 0.5) is 5.69 Å². The van der Waals surface area contributed by atoms with Gasteiger partial charge in [0.05, 0.1) is 29.6 Å². The number of carbonyl (C=O) groups excluding carboxylic acids is 6. The number of likely N-dealkylation sites (N-methyl/N-ethyl adjacent to an activating group) is 1. The Morgan fingerprint density at radius 3 is 1.99 bits per heavy atom. The number of ether oxygens (including phenoxy) is 1. The van der Waals surface area contributed by atoms with E-state index in [4.69, 9.17) is 14.9 Å². The highest BCUT2D eigenvalue weighted by molar-refractivity contribution is 6.00. The van der Waals surface area contributed by atoms with E-state index in [9.17, 15) is 33.6 Å². The topological polar surface area (TPSA) is 297 Å². The number of carbonyl (C=O) groups is 6. The Labute approximate surface area is 396 Å². The molecule has 10 rings (SSSR count). The molecule has 5 aromatic heterocycles. The van der Waals surface area contributed by atoms with E-state index in [2.05, 4.69) is 51.6 Å². The number of fused-ring (bicyclic) bond motifs is 4. The molecule has 23 heteroatoms. The van der Waals surface area contributed by atoms with Crippen LogP contribution in [0, 0.1) is 6.92 Å². The molecule has 8 aromatic rings. The largest absolute Gasteiger partial charge is 0.482 e. The molecule has 356 valence electrons. The third-order valence-electron chi connectivity index (χ3n) is 11.5. The normalized spacial score (nSPS) is 13.3. The Bertz CT molecular complexity index is 3480. The quantitative estimate of drug-likeness (QED) is 0.101. The maximum Gasteiger partial charge on any atom is 0.419 e. The SMILES string of the molecule is CN1CC(NC(=O)c2cc(C(=O)NCc3ccc4c(c3)NC(=O)CO4)nc3ccnn23)C1.Cc1ccc(CNC(=O)c2cc(C(=O)NCc3ccc4oc(=O)n(C)c4c3)nc3ccnn23)c(C(N)=O)c1. The number of hydrogen-bond donors (Lipinski definition) is 6. The number of nitrogens with zero attached hydrogens (tertiary/aromatic N) is 8. The zero-order valence-electron chi connectivity index (χ0n) is 37.8. The van der Waals surface area contributed by atoms with Crippen LogP contribution in [0.5, 0.6) is 5.75 Å². The first kappa shape index (κ1) is 45.9. The van der Waals surface area contributed by atoms with Gasteiger partial charge in [0.2, 0.25) is 5.91 Å². The van der Waals surface area contributed by atoms with Crippen molar-refractivity contribution in [2.24, 2.45) is 12.8 Å². The molecule has 7 heterocycles. The lowest BCUT2D eigenvalue weighted by Crippen LogP contribution is -2.57. The van der Waals surface area contributed by atoms with Gasteiger partial charge in [-0.05, 0) is 61.0 Å². The summed E-state index contributed by atoms with van der Waals surface area (Å²) in [4.78, 5) is 97.4. The lowest BCUT2D eigenvalue weighted by atomic mass is 10.0. The number of primary amides is 1. The predicted molar refractivity (Wildman–Crippen MR) is 250 cm³/mol. The van der Waals surface area contributed by atoms with Crippen molar-refractivity contribution in [2.75, 3.05) is 32.1 Å². The molecule has 0 spiro atoms. The molecule has 0 aliphatic carbocycles. The fourth-order valence-electron chi connectivity index (χ4n) is 7.84. The van der Waals surface area contributed by atoms with E-state index in [1.807, 2.05) is 20.0 Å². The van der Waals surface area contributed by atoms with Crippen LogP contribution in [0.3, 0.4) is 0 Å². The average Bonchev–Trinajstić information content (AvgIpc) is 4.09. The summed E-state index contributed by atoms with van der Waals surface area (Å²) in [6.07, 6.45) is 3.00. The van der Waals surface area contributed by atoms with Crippen molar-refractivity contribution in [1.29, 1.82) is 0 Å². The minimum atomic E-state index is -0.593.